The van der Waals surface area contributed by atoms with Crippen LogP contribution < -0.4 is 16.0 Å². The topological polar surface area (TPSA) is 70.2 Å². The maximum absolute atomic E-state index is 12.6. The Hall–Kier alpha value is -2.66. The van der Waals surface area contributed by atoms with Crippen LogP contribution in [0.15, 0.2) is 54.6 Å². The molecule has 3 rings (SSSR count). The first-order valence-electron chi connectivity index (χ1n) is 9.01. The third kappa shape index (κ3) is 4.92. The van der Waals surface area contributed by atoms with Gasteiger partial charge in [-0.15, -0.1) is 0 Å². The Morgan fingerprint density at radius 2 is 1.77 bits per heavy atom. The summed E-state index contributed by atoms with van der Waals surface area (Å²) >= 11 is 0. The second-order valence-electron chi connectivity index (χ2n) is 6.84. The fourth-order valence-electron chi connectivity index (χ4n) is 2.89. The van der Waals surface area contributed by atoms with Gasteiger partial charge in [-0.05, 0) is 24.6 Å². The van der Waals surface area contributed by atoms with E-state index in [1.54, 1.807) is 12.1 Å². The molecular weight excluding hydrogens is 326 g/mol. The van der Waals surface area contributed by atoms with Crippen LogP contribution in [0.3, 0.4) is 0 Å². The molecule has 1 saturated heterocycles. The van der Waals surface area contributed by atoms with E-state index in [4.69, 9.17) is 0 Å². The first-order chi connectivity index (χ1) is 12.6. The molecule has 5 heteroatoms. The van der Waals surface area contributed by atoms with Crippen LogP contribution in [-0.4, -0.2) is 31.4 Å². The summed E-state index contributed by atoms with van der Waals surface area (Å²) in [6.07, 6.45) is 0.224. The van der Waals surface area contributed by atoms with Crippen LogP contribution in [0.25, 0.3) is 0 Å². The zero-order chi connectivity index (χ0) is 18.4. The number of benzene rings is 2. The fraction of sp³-hybridized carbons (Fsp3) is 0.333. The summed E-state index contributed by atoms with van der Waals surface area (Å²) in [5.41, 5.74) is 2.62. The monoisotopic (exact) mass is 351 g/mol. The molecule has 0 aliphatic carbocycles. The smallest absolute Gasteiger partial charge is 0.251 e. The normalized spacial score (nSPS) is 15.0. The van der Waals surface area contributed by atoms with E-state index in [2.05, 4.69) is 16.0 Å². The van der Waals surface area contributed by atoms with E-state index in [-0.39, 0.29) is 24.3 Å². The minimum Gasteiger partial charge on any atom is -0.356 e. The van der Waals surface area contributed by atoms with Crippen molar-refractivity contribution in [2.24, 2.45) is 5.92 Å². The van der Waals surface area contributed by atoms with Gasteiger partial charge in [0.15, 0.2) is 0 Å². The van der Waals surface area contributed by atoms with E-state index in [1.165, 1.54) is 0 Å². The molecule has 1 heterocycles. The lowest BCUT2D eigenvalue weighted by molar-refractivity contribution is -0.121. The molecule has 1 fully saturated rings. The highest BCUT2D eigenvalue weighted by atomic mass is 16.2. The molecule has 136 valence electrons. The predicted octanol–water partition coefficient (Wildman–Crippen LogP) is 2.19. The summed E-state index contributed by atoms with van der Waals surface area (Å²) in [5, 5.41) is 9.17. The minimum absolute atomic E-state index is 0.0463. The Kier molecular flexibility index (Phi) is 6.02. The van der Waals surface area contributed by atoms with E-state index in [9.17, 15) is 9.59 Å². The van der Waals surface area contributed by atoms with Crippen LogP contribution in [0.2, 0.25) is 0 Å². The van der Waals surface area contributed by atoms with Crippen molar-refractivity contribution in [1.29, 1.82) is 0 Å². The van der Waals surface area contributed by atoms with Crippen LogP contribution in [0.1, 0.15) is 33.9 Å². The Bertz CT molecular complexity index is 740. The Morgan fingerprint density at radius 3 is 2.38 bits per heavy atom. The molecule has 1 unspecified atom stereocenters. The van der Waals surface area contributed by atoms with Crippen molar-refractivity contribution in [3.05, 3.63) is 71.3 Å². The van der Waals surface area contributed by atoms with Gasteiger partial charge in [-0.3, -0.25) is 9.59 Å². The van der Waals surface area contributed by atoms with E-state index < -0.39 is 0 Å². The number of amides is 2. The lowest BCUT2D eigenvalue weighted by atomic mass is 10.0. The van der Waals surface area contributed by atoms with Crippen molar-refractivity contribution >= 4 is 11.8 Å². The maximum atomic E-state index is 12.6. The van der Waals surface area contributed by atoms with Crippen molar-refractivity contribution in [1.82, 2.24) is 16.0 Å². The number of aryl methyl sites for hydroxylation is 1. The second-order valence-corrected chi connectivity index (χ2v) is 6.84. The molecule has 0 aromatic heterocycles. The summed E-state index contributed by atoms with van der Waals surface area (Å²) in [4.78, 5) is 24.9. The zero-order valence-electron chi connectivity index (χ0n) is 15.0. The van der Waals surface area contributed by atoms with Crippen molar-refractivity contribution < 1.29 is 9.59 Å². The van der Waals surface area contributed by atoms with Crippen LogP contribution in [-0.2, 0) is 4.79 Å². The minimum atomic E-state index is -0.357. The summed E-state index contributed by atoms with van der Waals surface area (Å²) in [5.74, 6) is 0.293. The number of rotatable bonds is 7. The van der Waals surface area contributed by atoms with Gasteiger partial charge >= 0.3 is 0 Å². The lowest BCUT2D eigenvalue weighted by Crippen LogP contribution is -2.48. The summed E-state index contributed by atoms with van der Waals surface area (Å²) in [6.45, 7) is 4.56. The van der Waals surface area contributed by atoms with Gasteiger partial charge in [0.25, 0.3) is 5.91 Å². The molecule has 0 radical (unpaired) electrons. The second kappa shape index (κ2) is 8.63. The number of carbonyl (C=O) groups excluding carboxylic acids is 2. The molecule has 26 heavy (non-hydrogen) atoms. The van der Waals surface area contributed by atoms with Gasteiger partial charge < -0.3 is 16.0 Å². The van der Waals surface area contributed by atoms with Crippen LogP contribution in [0.5, 0.6) is 0 Å². The average molecular weight is 351 g/mol. The summed E-state index contributed by atoms with van der Waals surface area (Å²) < 4.78 is 0. The van der Waals surface area contributed by atoms with Crippen molar-refractivity contribution in [2.75, 3.05) is 19.6 Å². The van der Waals surface area contributed by atoms with Gasteiger partial charge in [0, 0.05) is 31.1 Å². The highest BCUT2D eigenvalue weighted by Crippen LogP contribution is 2.18. The van der Waals surface area contributed by atoms with Crippen LogP contribution in [0.4, 0.5) is 0 Å². The van der Waals surface area contributed by atoms with E-state index in [1.807, 2.05) is 49.4 Å². The van der Waals surface area contributed by atoms with Gasteiger partial charge in [0.05, 0.1) is 12.5 Å². The summed E-state index contributed by atoms with van der Waals surface area (Å²) in [7, 11) is 0. The Labute approximate surface area is 154 Å². The molecule has 2 amide bonds. The molecule has 2 aromatic carbocycles. The van der Waals surface area contributed by atoms with E-state index >= 15 is 0 Å². The molecule has 5 nitrogen and oxygen atoms in total. The van der Waals surface area contributed by atoms with Gasteiger partial charge in [-0.1, -0.05) is 48.0 Å². The molecule has 2 aromatic rings. The quantitative estimate of drug-likeness (QED) is 0.716. The first kappa shape index (κ1) is 18.1. The third-order valence-corrected chi connectivity index (χ3v) is 4.66. The van der Waals surface area contributed by atoms with Crippen LogP contribution >= 0.6 is 0 Å². The third-order valence-electron chi connectivity index (χ3n) is 4.66. The molecule has 1 atom stereocenters. The van der Waals surface area contributed by atoms with Crippen LogP contribution in [0, 0.1) is 12.8 Å². The molecule has 0 saturated carbocycles. The molecular formula is C21H25N3O2. The summed E-state index contributed by atoms with van der Waals surface area (Å²) in [6, 6.07) is 16.7. The molecule has 0 spiro atoms. The standard InChI is InChI=1S/C21H25N3O2/c1-15-7-9-18(10-8-15)21(26)24-19(17-5-3-2-4-6-17)11-20(25)23-14-16-12-22-13-16/h2-10,16,19,22H,11-14H2,1H3,(H,23,25)(H,24,26). The number of hydrogen-bond donors (Lipinski definition) is 3. The molecule has 1 aliphatic heterocycles. The molecule has 3 N–H and O–H groups in total. The van der Waals surface area contributed by atoms with Crippen molar-refractivity contribution in [3.63, 3.8) is 0 Å². The Morgan fingerprint density at radius 1 is 1.08 bits per heavy atom. The fourth-order valence-corrected chi connectivity index (χ4v) is 2.89. The van der Waals surface area contributed by atoms with Gasteiger partial charge in [-0.25, -0.2) is 0 Å². The predicted molar refractivity (Wildman–Crippen MR) is 102 cm³/mol. The van der Waals surface area contributed by atoms with Crippen molar-refractivity contribution in [3.8, 4) is 0 Å². The first-order valence-corrected chi connectivity index (χ1v) is 9.01. The highest BCUT2D eigenvalue weighted by molar-refractivity contribution is 5.94. The largest absolute Gasteiger partial charge is 0.356 e. The average Bonchev–Trinajstić information content (AvgIpc) is 2.61. The highest BCUT2D eigenvalue weighted by Gasteiger charge is 2.21. The van der Waals surface area contributed by atoms with Crippen molar-refractivity contribution in [2.45, 2.75) is 19.4 Å². The Balaban J connectivity index is 1.65. The van der Waals surface area contributed by atoms with Gasteiger partial charge in [-0.2, -0.15) is 0 Å². The molecule has 1 aliphatic rings. The lowest BCUT2D eigenvalue weighted by Gasteiger charge is -2.27. The van der Waals surface area contributed by atoms with Gasteiger partial charge in [0.1, 0.15) is 0 Å². The number of nitrogens with one attached hydrogen (secondary N) is 3. The van der Waals surface area contributed by atoms with E-state index in [0.29, 0.717) is 18.0 Å². The van der Waals surface area contributed by atoms with Gasteiger partial charge in [0.2, 0.25) is 5.91 Å². The van der Waals surface area contributed by atoms with E-state index in [0.717, 1.165) is 24.2 Å². The SMILES string of the molecule is Cc1ccc(C(=O)NC(CC(=O)NCC2CNC2)c2ccccc2)cc1. The maximum Gasteiger partial charge on any atom is 0.251 e. The number of hydrogen-bond acceptors (Lipinski definition) is 3. The number of carbonyl (C=O) groups is 2. The molecule has 0 bridgehead atoms. The zero-order valence-corrected chi connectivity index (χ0v) is 15.0.